The summed E-state index contributed by atoms with van der Waals surface area (Å²) in [4.78, 5) is 24.3. The van der Waals surface area contributed by atoms with Crippen LogP contribution >= 0.6 is 0 Å². The smallest absolute Gasteiger partial charge is 0.225 e. The summed E-state index contributed by atoms with van der Waals surface area (Å²) in [6.07, 6.45) is 1.86. The lowest BCUT2D eigenvalue weighted by molar-refractivity contribution is -0.139. The molecule has 1 N–H and O–H groups in total. The Hall–Kier alpha value is -1.96. The molecule has 0 saturated carbocycles. The molecule has 2 aliphatic rings. The predicted octanol–water partition coefficient (Wildman–Crippen LogP) is 0.922. The Morgan fingerprint density at radius 2 is 1.79 bits per heavy atom. The molecule has 3 heterocycles. The van der Waals surface area contributed by atoms with Gasteiger partial charge in [-0.3, -0.25) is 14.6 Å². The Kier molecular flexibility index (Phi) is 5.94. The van der Waals surface area contributed by atoms with Gasteiger partial charge in [-0.2, -0.15) is 0 Å². The normalized spacial score (nSPS) is 20.1. The SMILES string of the molecule is Cn1c(CN2CCC(C(=O)N3CCN(CCO)CC3)CC2)nc2ccccc21. The molecule has 2 aromatic rings. The van der Waals surface area contributed by atoms with E-state index in [0.29, 0.717) is 12.5 Å². The van der Waals surface area contributed by atoms with E-state index in [0.717, 1.165) is 70.0 Å². The van der Waals surface area contributed by atoms with E-state index < -0.39 is 0 Å². The highest BCUT2D eigenvalue weighted by Gasteiger charge is 2.30. The number of piperidine rings is 1. The first-order valence-corrected chi connectivity index (χ1v) is 10.4. The summed E-state index contributed by atoms with van der Waals surface area (Å²) in [5.74, 6) is 1.57. The van der Waals surface area contributed by atoms with Crippen LogP contribution in [0.15, 0.2) is 24.3 Å². The number of likely N-dealkylation sites (tertiary alicyclic amines) is 1. The van der Waals surface area contributed by atoms with Crippen LogP contribution in [0.5, 0.6) is 0 Å². The lowest BCUT2D eigenvalue weighted by Gasteiger charge is -2.38. The maximum atomic E-state index is 12.9. The van der Waals surface area contributed by atoms with Crippen LogP contribution in [-0.2, 0) is 18.4 Å². The molecule has 0 atom stereocenters. The third kappa shape index (κ3) is 4.06. The Morgan fingerprint density at radius 1 is 1.07 bits per heavy atom. The zero-order chi connectivity index (χ0) is 19.5. The highest BCUT2D eigenvalue weighted by Crippen LogP contribution is 2.23. The number of hydrogen-bond acceptors (Lipinski definition) is 5. The summed E-state index contributed by atoms with van der Waals surface area (Å²) < 4.78 is 2.18. The molecule has 1 aromatic carbocycles. The number of rotatable bonds is 5. The third-order valence-corrected chi connectivity index (χ3v) is 6.28. The fourth-order valence-corrected chi connectivity index (χ4v) is 4.47. The minimum absolute atomic E-state index is 0.154. The summed E-state index contributed by atoms with van der Waals surface area (Å²) in [5.41, 5.74) is 2.22. The molecule has 0 radical (unpaired) electrons. The van der Waals surface area contributed by atoms with Crippen molar-refractivity contribution >= 4 is 16.9 Å². The van der Waals surface area contributed by atoms with Crippen molar-refractivity contribution in [2.24, 2.45) is 13.0 Å². The molecule has 7 heteroatoms. The average molecular weight is 386 g/mol. The molecule has 28 heavy (non-hydrogen) atoms. The number of benzene rings is 1. The Labute approximate surface area is 166 Å². The van der Waals surface area contributed by atoms with E-state index in [-0.39, 0.29) is 12.5 Å². The average Bonchev–Trinajstić information content (AvgIpc) is 3.04. The van der Waals surface area contributed by atoms with Gasteiger partial charge in [-0.1, -0.05) is 12.1 Å². The molecule has 0 bridgehead atoms. The van der Waals surface area contributed by atoms with E-state index in [4.69, 9.17) is 10.1 Å². The first-order valence-electron chi connectivity index (χ1n) is 10.4. The Morgan fingerprint density at radius 3 is 2.46 bits per heavy atom. The van der Waals surface area contributed by atoms with Gasteiger partial charge in [0.15, 0.2) is 0 Å². The number of hydrogen-bond donors (Lipinski definition) is 1. The number of nitrogens with zero attached hydrogens (tertiary/aromatic N) is 5. The largest absolute Gasteiger partial charge is 0.395 e. The van der Waals surface area contributed by atoms with Crippen molar-refractivity contribution in [2.45, 2.75) is 19.4 Å². The Balaban J connectivity index is 1.28. The van der Waals surface area contributed by atoms with Crippen LogP contribution in [0.3, 0.4) is 0 Å². The third-order valence-electron chi connectivity index (χ3n) is 6.28. The van der Waals surface area contributed by atoms with Crippen molar-refractivity contribution in [1.29, 1.82) is 0 Å². The molecule has 2 fully saturated rings. The van der Waals surface area contributed by atoms with E-state index in [1.54, 1.807) is 0 Å². The number of carbonyl (C=O) groups excluding carboxylic acids is 1. The summed E-state index contributed by atoms with van der Waals surface area (Å²) in [6, 6.07) is 8.25. The highest BCUT2D eigenvalue weighted by molar-refractivity contribution is 5.79. The predicted molar refractivity (Wildman–Crippen MR) is 109 cm³/mol. The second-order valence-electron chi connectivity index (χ2n) is 8.02. The number of aryl methyl sites for hydroxylation is 1. The van der Waals surface area contributed by atoms with Gasteiger partial charge in [0, 0.05) is 45.7 Å². The fraction of sp³-hybridized carbons (Fsp3) is 0.619. The summed E-state index contributed by atoms with van der Waals surface area (Å²) >= 11 is 0. The molecule has 2 aliphatic heterocycles. The number of amides is 1. The molecule has 152 valence electrons. The Bertz CT molecular complexity index is 804. The molecule has 7 nitrogen and oxygen atoms in total. The highest BCUT2D eigenvalue weighted by atomic mass is 16.3. The van der Waals surface area contributed by atoms with Gasteiger partial charge in [-0.15, -0.1) is 0 Å². The van der Waals surface area contributed by atoms with Crippen LogP contribution in [0.4, 0.5) is 0 Å². The maximum absolute atomic E-state index is 12.9. The van der Waals surface area contributed by atoms with Crippen LogP contribution in [0.25, 0.3) is 11.0 Å². The number of fused-ring (bicyclic) bond motifs is 1. The topological polar surface area (TPSA) is 64.8 Å². The van der Waals surface area contributed by atoms with Crippen molar-refractivity contribution < 1.29 is 9.90 Å². The minimum Gasteiger partial charge on any atom is -0.395 e. The quantitative estimate of drug-likeness (QED) is 0.829. The van der Waals surface area contributed by atoms with E-state index >= 15 is 0 Å². The van der Waals surface area contributed by atoms with Gasteiger partial charge in [-0.25, -0.2) is 4.98 Å². The van der Waals surface area contributed by atoms with E-state index in [1.807, 2.05) is 11.0 Å². The van der Waals surface area contributed by atoms with Crippen molar-refractivity contribution in [1.82, 2.24) is 24.3 Å². The second-order valence-corrected chi connectivity index (χ2v) is 8.02. The fourth-order valence-electron chi connectivity index (χ4n) is 4.47. The van der Waals surface area contributed by atoms with Crippen LogP contribution < -0.4 is 0 Å². The van der Waals surface area contributed by atoms with Crippen LogP contribution in [0, 0.1) is 5.92 Å². The standard InChI is InChI=1S/C21H31N5O2/c1-23-19-5-3-2-4-18(19)22-20(23)16-25-8-6-17(7-9-25)21(28)26-12-10-24(11-13-26)14-15-27/h2-5,17,27H,6-16H2,1H3. The molecule has 4 rings (SSSR count). The van der Waals surface area contributed by atoms with Crippen molar-refractivity contribution in [3.8, 4) is 0 Å². The zero-order valence-corrected chi connectivity index (χ0v) is 16.8. The number of β-amino-alcohol motifs (C(OH)–C–C–N with tert-alkyl or cyclic N) is 1. The molecule has 2 saturated heterocycles. The molecular weight excluding hydrogens is 354 g/mol. The maximum Gasteiger partial charge on any atom is 0.225 e. The summed E-state index contributed by atoms with van der Waals surface area (Å²) in [7, 11) is 2.08. The first kappa shape index (κ1) is 19.4. The van der Waals surface area contributed by atoms with Gasteiger partial charge in [0.25, 0.3) is 0 Å². The minimum atomic E-state index is 0.154. The number of carbonyl (C=O) groups is 1. The number of piperazine rings is 1. The number of aliphatic hydroxyl groups excluding tert-OH is 1. The van der Waals surface area contributed by atoms with Gasteiger partial charge in [0.05, 0.1) is 24.2 Å². The van der Waals surface area contributed by atoms with Crippen molar-refractivity contribution in [2.75, 3.05) is 52.4 Å². The number of aliphatic hydroxyl groups is 1. The van der Waals surface area contributed by atoms with Crippen LogP contribution in [-0.4, -0.2) is 87.7 Å². The van der Waals surface area contributed by atoms with Crippen LogP contribution in [0.2, 0.25) is 0 Å². The lowest BCUT2D eigenvalue weighted by Crippen LogP contribution is -2.52. The summed E-state index contributed by atoms with van der Waals surface area (Å²) in [6.45, 7) is 6.97. The van der Waals surface area contributed by atoms with E-state index in [1.165, 1.54) is 5.52 Å². The molecule has 0 aliphatic carbocycles. The van der Waals surface area contributed by atoms with Crippen molar-refractivity contribution in [3.05, 3.63) is 30.1 Å². The van der Waals surface area contributed by atoms with Gasteiger partial charge in [0.1, 0.15) is 5.82 Å². The van der Waals surface area contributed by atoms with Gasteiger partial charge < -0.3 is 14.6 Å². The molecule has 1 amide bonds. The van der Waals surface area contributed by atoms with Gasteiger partial charge >= 0.3 is 0 Å². The van der Waals surface area contributed by atoms with Gasteiger partial charge in [0.2, 0.25) is 5.91 Å². The molecule has 1 aromatic heterocycles. The molecule has 0 spiro atoms. The number of imidazole rings is 1. The first-order chi connectivity index (χ1) is 13.7. The monoisotopic (exact) mass is 385 g/mol. The second kappa shape index (κ2) is 8.59. The van der Waals surface area contributed by atoms with Gasteiger partial charge in [-0.05, 0) is 38.1 Å². The van der Waals surface area contributed by atoms with E-state index in [9.17, 15) is 4.79 Å². The lowest BCUT2D eigenvalue weighted by atomic mass is 9.95. The molecular formula is C21H31N5O2. The van der Waals surface area contributed by atoms with E-state index in [2.05, 4.69) is 39.6 Å². The zero-order valence-electron chi connectivity index (χ0n) is 16.8. The summed E-state index contributed by atoms with van der Waals surface area (Å²) in [5, 5.41) is 9.05. The number of aromatic nitrogens is 2. The van der Waals surface area contributed by atoms with Crippen LogP contribution in [0.1, 0.15) is 18.7 Å². The van der Waals surface area contributed by atoms with Crippen molar-refractivity contribution in [3.63, 3.8) is 0 Å². The molecule has 0 unspecified atom stereocenters. The number of para-hydroxylation sites is 2.